The fraction of sp³-hybridized carbons (Fsp3) is 0.429. The molecule has 3 nitrogen and oxygen atoms in total. The van der Waals surface area contributed by atoms with Crippen molar-refractivity contribution in [2.24, 2.45) is 4.99 Å². The van der Waals surface area contributed by atoms with Crippen LogP contribution >= 0.6 is 11.8 Å². The zero-order valence-corrected chi connectivity index (χ0v) is 11.9. The van der Waals surface area contributed by atoms with Gasteiger partial charge in [0.2, 0.25) is 0 Å². The molecule has 0 atom stereocenters. The van der Waals surface area contributed by atoms with Gasteiger partial charge in [0.1, 0.15) is 0 Å². The lowest BCUT2D eigenvalue weighted by Crippen LogP contribution is -2.12. The third kappa shape index (κ3) is 4.08. The number of nitrogens with zero attached hydrogens (tertiary/aromatic N) is 2. The Morgan fingerprint density at radius 3 is 2.39 bits per heavy atom. The third-order valence-corrected chi connectivity index (χ3v) is 3.52. The van der Waals surface area contributed by atoms with Gasteiger partial charge in [-0.15, -0.1) is 0 Å². The predicted octanol–water partition coefficient (Wildman–Crippen LogP) is 4.01. The van der Waals surface area contributed by atoms with E-state index in [2.05, 4.69) is 36.3 Å². The topological polar surface area (TPSA) is 48.2 Å². The summed E-state index contributed by atoms with van der Waals surface area (Å²) >= 11 is 1.43. The number of thioether (sulfide) groups is 1. The number of hydrogen-bond donors (Lipinski definition) is 1. The number of aliphatic imine (C=N–C) groups is 1. The van der Waals surface area contributed by atoms with E-state index >= 15 is 0 Å². The molecule has 0 aliphatic rings. The average Bonchev–Trinajstić information content (AvgIpc) is 2.41. The maximum atomic E-state index is 8.57. The summed E-state index contributed by atoms with van der Waals surface area (Å²) < 4.78 is 0. The van der Waals surface area contributed by atoms with Gasteiger partial charge in [-0.1, -0.05) is 37.7 Å². The molecular weight excluding hydrogens is 242 g/mol. The van der Waals surface area contributed by atoms with Crippen molar-refractivity contribution < 1.29 is 0 Å². The van der Waals surface area contributed by atoms with Crippen LogP contribution in [0.3, 0.4) is 0 Å². The molecule has 0 bridgehead atoms. The van der Waals surface area contributed by atoms with Crippen molar-refractivity contribution in [1.82, 2.24) is 5.32 Å². The number of hydrogen-bond acceptors (Lipinski definition) is 3. The summed E-state index contributed by atoms with van der Waals surface area (Å²) in [4.78, 5) is 4.36. The van der Waals surface area contributed by atoms with E-state index in [1.165, 1.54) is 17.3 Å². The number of nitriles is 1. The molecule has 4 heteroatoms. The first kappa shape index (κ1) is 14.6. The van der Waals surface area contributed by atoms with Gasteiger partial charge in [0.25, 0.3) is 0 Å². The minimum absolute atomic E-state index is 0.618. The summed E-state index contributed by atoms with van der Waals surface area (Å²) in [5, 5.41) is 11.7. The number of nitrogens with one attached hydrogen (secondary N) is 1. The average molecular weight is 261 g/mol. The van der Waals surface area contributed by atoms with Crippen molar-refractivity contribution in [2.45, 2.75) is 32.6 Å². The molecule has 0 saturated heterocycles. The molecule has 0 amide bonds. The van der Waals surface area contributed by atoms with Gasteiger partial charge in [-0.25, -0.2) is 4.99 Å². The lowest BCUT2D eigenvalue weighted by atomic mass is 9.94. The quantitative estimate of drug-likeness (QED) is 0.385. The van der Waals surface area contributed by atoms with Crippen molar-refractivity contribution in [1.29, 1.82) is 5.26 Å². The van der Waals surface area contributed by atoms with E-state index in [1.807, 2.05) is 24.6 Å². The molecule has 0 saturated carbocycles. The molecule has 96 valence electrons. The first-order valence-corrected chi connectivity index (χ1v) is 7.35. The maximum absolute atomic E-state index is 8.57. The largest absolute Gasteiger partial charge is 0.271 e. The van der Waals surface area contributed by atoms with E-state index < -0.39 is 0 Å². The second-order valence-electron chi connectivity index (χ2n) is 3.96. The summed E-state index contributed by atoms with van der Waals surface area (Å²) in [6.45, 7) is 4.42. The minimum atomic E-state index is 0.618. The maximum Gasteiger partial charge on any atom is 0.183 e. The van der Waals surface area contributed by atoms with Crippen LogP contribution in [0.25, 0.3) is 0 Å². The minimum Gasteiger partial charge on any atom is -0.271 e. The number of benzene rings is 1. The van der Waals surface area contributed by atoms with Gasteiger partial charge in [-0.2, -0.15) is 5.26 Å². The highest BCUT2D eigenvalue weighted by Crippen LogP contribution is 2.25. The summed E-state index contributed by atoms with van der Waals surface area (Å²) in [6, 6.07) is 8.26. The van der Waals surface area contributed by atoms with Crippen LogP contribution in [0.5, 0.6) is 0 Å². The Balaban J connectivity index is 2.86. The molecule has 1 rings (SSSR count). The van der Waals surface area contributed by atoms with Crippen LogP contribution < -0.4 is 5.32 Å². The van der Waals surface area contributed by atoms with Crippen molar-refractivity contribution >= 4 is 22.6 Å². The summed E-state index contributed by atoms with van der Waals surface area (Å²) in [5.41, 5.74) is 2.23. The van der Waals surface area contributed by atoms with Crippen molar-refractivity contribution in [3.8, 4) is 6.19 Å². The van der Waals surface area contributed by atoms with Crippen LogP contribution in [0, 0.1) is 11.5 Å². The van der Waals surface area contributed by atoms with E-state index in [0.29, 0.717) is 11.1 Å². The molecule has 1 aromatic rings. The monoisotopic (exact) mass is 261 g/mol. The number of amidine groups is 1. The smallest absolute Gasteiger partial charge is 0.183 e. The fourth-order valence-electron chi connectivity index (χ4n) is 1.87. The lowest BCUT2D eigenvalue weighted by molar-refractivity contribution is 0.642. The molecule has 1 aromatic carbocycles. The highest BCUT2D eigenvalue weighted by atomic mass is 32.2. The summed E-state index contributed by atoms with van der Waals surface area (Å²) in [6.07, 6.45) is 6.09. The Kier molecular flexibility index (Phi) is 6.31. The van der Waals surface area contributed by atoms with Crippen LogP contribution in [0.15, 0.2) is 29.3 Å². The standard InChI is InChI=1S/C14H19N3S/c1-4-11(5-2)12-6-8-13(9-7-12)17-14(18-3)16-10-15/h6-9,11H,4-5H2,1-3H3,(H,16,17). The summed E-state index contributed by atoms with van der Waals surface area (Å²) in [5.74, 6) is 0.625. The lowest BCUT2D eigenvalue weighted by Gasteiger charge is -2.12. The molecule has 0 aliphatic heterocycles. The first-order chi connectivity index (χ1) is 8.74. The SMILES string of the molecule is CCC(CC)c1ccc(N=C(NC#N)SC)cc1. The van der Waals surface area contributed by atoms with Gasteiger partial charge in [0, 0.05) is 0 Å². The van der Waals surface area contributed by atoms with Crippen molar-refractivity contribution in [3.05, 3.63) is 29.8 Å². The van der Waals surface area contributed by atoms with Crippen molar-refractivity contribution in [2.75, 3.05) is 6.26 Å². The zero-order chi connectivity index (χ0) is 13.4. The Hall–Kier alpha value is -1.47. The molecule has 0 aromatic heterocycles. The van der Waals surface area contributed by atoms with Crippen LogP contribution in [-0.4, -0.2) is 11.4 Å². The molecule has 18 heavy (non-hydrogen) atoms. The molecule has 0 unspecified atom stereocenters. The molecular formula is C14H19N3S. The van der Waals surface area contributed by atoms with E-state index in [1.54, 1.807) is 0 Å². The molecule has 0 fully saturated rings. The van der Waals surface area contributed by atoms with Gasteiger partial charge in [0.15, 0.2) is 11.4 Å². The fourth-order valence-corrected chi connectivity index (χ4v) is 2.22. The van der Waals surface area contributed by atoms with Crippen LogP contribution in [-0.2, 0) is 0 Å². The third-order valence-electron chi connectivity index (χ3n) is 2.94. The normalized spacial score (nSPS) is 11.4. The second kappa shape index (κ2) is 7.78. The van der Waals surface area contributed by atoms with Crippen LogP contribution in [0.1, 0.15) is 38.2 Å². The molecule has 0 aliphatic carbocycles. The van der Waals surface area contributed by atoms with Crippen LogP contribution in [0.4, 0.5) is 5.69 Å². The van der Waals surface area contributed by atoms with Gasteiger partial charge < -0.3 is 0 Å². The number of rotatable bonds is 4. The van der Waals surface area contributed by atoms with E-state index in [9.17, 15) is 0 Å². The zero-order valence-electron chi connectivity index (χ0n) is 11.1. The van der Waals surface area contributed by atoms with Gasteiger partial charge in [0.05, 0.1) is 5.69 Å². The van der Waals surface area contributed by atoms with E-state index in [4.69, 9.17) is 5.26 Å². The molecule has 0 spiro atoms. The van der Waals surface area contributed by atoms with Crippen LogP contribution in [0.2, 0.25) is 0 Å². The van der Waals surface area contributed by atoms with Gasteiger partial charge in [-0.05, 0) is 42.7 Å². The predicted molar refractivity (Wildman–Crippen MR) is 79.1 cm³/mol. The first-order valence-electron chi connectivity index (χ1n) is 6.12. The van der Waals surface area contributed by atoms with Gasteiger partial charge >= 0.3 is 0 Å². The van der Waals surface area contributed by atoms with Crippen molar-refractivity contribution in [3.63, 3.8) is 0 Å². The van der Waals surface area contributed by atoms with E-state index in [-0.39, 0.29) is 0 Å². The Morgan fingerprint density at radius 2 is 1.94 bits per heavy atom. The Labute approximate surface area is 113 Å². The summed E-state index contributed by atoms with van der Waals surface area (Å²) in [7, 11) is 0. The highest BCUT2D eigenvalue weighted by Gasteiger charge is 2.06. The molecule has 1 N–H and O–H groups in total. The molecule has 0 radical (unpaired) electrons. The van der Waals surface area contributed by atoms with Gasteiger partial charge in [-0.3, -0.25) is 5.32 Å². The second-order valence-corrected chi connectivity index (χ2v) is 4.76. The van der Waals surface area contributed by atoms with E-state index in [0.717, 1.165) is 18.5 Å². The Bertz CT molecular complexity index is 427. The Morgan fingerprint density at radius 1 is 1.33 bits per heavy atom. The highest BCUT2D eigenvalue weighted by molar-refractivity contribution is 8.13. The molecule has 0 heterocycles.